The van der Waals surface area contributed by atoms with Gasteiger partial charge in [0.05, 0.1) is 5.69 Å². The molecule has 1 aromatic heterocycles. The molecule has 1 aromatic carbocycles. The first-order valence-corrected chi connectivity index (χ1v) is 7.07. The van der Waals surface area contributed by atoms with Crippen LogP contribution < -0.4 is 10.1 Å². The smallest absolute Gasteiger partial charge is 0.119 e. The number of nitrogens with one attached hydrogen (secondary N) is 2. The van der Waals surface area contributed by atoms with E-state index in [1.165, 1.54) is 0 Å². The molecule has 0 spiro atoms. The zero-order valence-corrected chi connectivity index (χ0v) is 11.5. The molecule has 0 unspecified atom stereocenters. The number of hydrogen-bond donors (Lipinski definition) is 2. The van der Waals surface area contributed by atoms with E-state index in [4.69, 9.17) is 4.74 Å². The van der Waals surface area contributed by atoms with Crippen molar-refractivity contribution in [2.75, 3.05) is 39.3 Å². The van der Waals surface area contributed by atoms with Gasteiger partial charge in [0.1, 0.15) is 12.4 Å². The highest BCUT2D eigenvalue weighted by atomic mass is 16.5. The number of aromatic nitrogens is 2. The highest BCUT2D eigenvalue weighted by Crippen LogP contribution is 2.20. The van der Waals surface area contributed by atoms with E-state index in [0.29, 0.717) is 0 Å². The summed E-state index contributed by atoms with van der Waals surface area (Å²) >= 11 is 0. The molecule has 0 atom stereocenters. The quantitative estimate of drug-likeness (QED) is 0.863. The van der Waals surface area contributed by atoms with Gasteiger partial charge in [0.15, 0.2) is 0 Å². The second-order valence-corrected chi connectivity index (χ2v) is 4.93. The molecular weight excluding hydrogens is 252 g/mol. The van der Waals surface area contributed by atoms with Crippen molar-refractivity contribution in [2.24, 2.45) is 0 Å². The van der Waals surface area contributed by atoms with Crippen LogP contribution in [-0.4, -0.2) is 54.4 Å². The Bertz CT molecular complexity index is 503. The van der Waals surface area contributed by atoms with Gasteiger partial charge in [-0.05, 0) is 35.9 Å². The van der Waals surface area contributed by atoms with Crippen molar-refractivity contribution in [1.29, 1.82) is 0 Å². The maximum Gasteiger partial charge on any atom is 0.119 e. The van der Waals surface area contributed by atoms with Gasteiger partial charge < -0.3 is 10.1 Å². The van der Waals surface area contributed by atoms with Crippen molar-refractivity contribution in [3.8, 4) is 17.0 Å². The summed E-state index contributed by atoms with van der Waals surface area (Å²) in [6.45, 7) is 6.12. The lowest BCUT2D eigenvalue weighted by molar-refractivity contribution is 0.191. The van der Waals surface area contributed by atoms with Gasteiger partial charge in [0.25, 0.3) is 0 Å². The second-order valence-electron chi connectivity index (χ2n) is 4.93. The standard InChI is InChI=1S/C15H20N4O/c1-3-14(4-2-13(1)15-5-6-17-18-15)20-12-11-19-9-7-16-8-10-19/h1-6,16H,7-12H2,(H,17,18). The molecule has 3 rings (SSSR count). The number of piperazine rings is 1. The van der Waals surface area contributed by atoms with E-state index >= 15 is 0 Å². The normalized spacial score (nSPS) is 16.2. The molecule has 0 saturated carbocycles. The zero-order valence-electron chi connectivity index (χ0n) is 11.5. The SMILES string of the molecule is c1cc(-c2ccc(OCCN3CCNCC3)cc2)[nH]n1. The molecule has 106 valence electrons. The van der Waals surface area contributed by atoms with E-state index in [1.807, 2.05) is 30.3 Å². The summed E-state index contributed by atoms with van der Waals surface area (Å²) < 4.78 is 5.79. The van der Waals surface area contributed by atoms with Crippen molar-refractivity contribution in [2.45, 2.75) is 0 Å². The van der Waals surface area contributed by atoms with Crippen LogP contribution in [0.5, 0.6) is 5.75 Å². The summed E-state index contributed by atoms with van der Waals surface area (Å²) in [5.74, 6) is 0.920. The Kier molecular flexibility index (Phi) is 4.30. The van der Waals surface area contributed by atoms with Gasteiger partial charge in [-0.1, -0.05) is 0 Å². The lowest BCUT2D eigenvalue weighted by Gasteiger charge is -2.26. The van der Waals surface area contributed by atoms with Crippen molar-refractivity contribution in [3.63, 3.8) is 0 Å². The summed E-state index contributed by atoms with van der Waals surface area (Å²) in [7, 11) is 0. The van der Waals surface area contributed by atoms with Crippen molar-refractivity contribution >= 4 is 0 Å². The van der Waals surface area contributed by atoms with E-state index in [-0.39, 0.29) is 0 Å². The Labute approximate surface area is 118 Å². The predicted octanol–water partition coefficient (Wildman–Crippen LogP) is 1.36. The zero-order chi connectivity index (χ0) is 13.6. The summed E-state index contributed by atoms with van der Waals surface area (Å²) in [5.41, 5.74) is 2.15. The molecule has 1 aliphatic heterocycles. The first-order valence-electron chi connectivity index (χ1n) is 7.07. The lowest BCUT2D eigenvalue weighted by atomic mass is 10.1. The number of benzene rings is 1. The molecule has 1 aliphatic rings. The Morgan fingerprint density at radius 3 is 2.60 bits per heavy atom. The van der Waals surface area contributed by atoms with Crippen molar-refractivity contribution < 1.29 is 4.74 Å². The molecule has 0 amide bonds. The van der Waals surface area contributed by atoms with Crippen LogP contribution in [0.2, 0.25) is 0 Å². The fraction of sp³-hybridized carbons (Fsp3) is 0.400. The van der Waals surface area contributed by atoms with Crippen LogP contribution in [0.25, 0.3) is 11.3 Å². The Hall–Kier alpha value is -1.85. The van der Waals surface area contributed by atoms with Gasteiger partial charge in [-0.25, -0.2) is 0 Å². The van der Waals surface area contributed by atoms with Gasteiger partial charge in [-0.15, -0.1) is 0 Å². The van der Waals surface area contributed by atoms with Crippen LogP contribution in [0.1, 0.15) is 0 Å². The largest absolute Gasteiger partial charge is 0.492 e. The molecule has 5 heteroatoms. The third-order valence-corrected chi connectivity index (χ3v) is 3.55. The molecule has 1 fully saturated rings. The van der Waals surface area contributed by atoms with E-state index in [1.54, 1.807) is 6.20 Å². The average molecular weight is 272 g/mol. The lowest BCUT2D eigenvalue weighted by Crippen LogP contribution is -2.44. The van der Waals surface area contributed by atoms with Crippen molar-refractivity contribution in [1.82, 2.24) is 20.4 Å². The van der Waals surface area contributed by atoms with E-state index in [0.717, 1.165) is 56.3 Å². The van der Waals surface area contributed by atoms with Gasteiger partial charge >= 0.3 is 0 Å². The van der Waals surface area contributed by atoms with Crippen LogP contribution in [0.3, 0.4) is 0 Å². The highest BCUT2D eigenvalue weighted by molar-refractivity contribution is 5.59. The number of rotatable bonds is 5. The van der Waals surface area contributed by atoms with Crippen LogP contribution in [0, 0.1) is 0 Å². The first kappa shape index (κ1) is 13.1. The van der Waals surface area contributed by atoms with Gasteiger partial charge in [-0.2, -0.15) is 5.10 Å². The Morgan fingerprint density at radius 1 is 1.10 bits per heavy atom. The maximum atomic E-state index is 5.79. The van der Waals surface area contributed by atoms with E-state index < -0.39 is 0 Å². The molecule has 0 radical (unpaired) electrons. The second kappa shape index (κ2) is 6.54. The molecular formula is C15H20N4O. The van der Waals surface area contributed by atoms with Gasteiger partial charge in [0, 0.05) is 38.9 Å². The topological polar surface area (TPSA) is 53.2 Å². The molecule has 5 nitrogen and oxygen atoms in total. The maximum absolute atomic E-state index is 5.79. The predicted molar refractivity (Wildman–Crippen MR) is 78.8 cm³/mol. The van der Waals surface area contributed by atoms with Crippen LogP contribution in [0.15, 0.2) is 36.5 Å². The number of aromatic amines is 1. The molecule has 2 heterocycles. The molecule has 20 heavy (non-hydrogen) atoms. The average Bonchev–Trinajstić information content (AvgIpc) is 3.03. The fourth-order valence-corrected chi connectivity index (χ4v) is 2.37. The van der Waals surface area contributed by atoms with Crippen LogP contribution >= 0.6 is 0 Å². The van der Waals surface area contributed by atoms with Crippen LogP contribution in [-0.2, 0) is 0 Å². The summed E-state index contributed by atoms with van der Waals surface area (Å²) in [6, 6.07) is 10.1. The molecule has 1 saturated heterocycles. The number of nitrogens with zero attached hydrogens (tertiary/aromatic N) is 2. The van der Waals surface area contributed by atoms with Gasteiger partial charge in [-0.3, -0.25) is 10.00 Å². The summed E-state index contributed by atoms with van der Waals surface area (Å²) in [6.07, 6.45) is 1.76. The van der Waals surface area contributed by atoms with Crippen molar-refractivity contribution in [3.05, 3.63) is 36.5 Å². The van der Waals surface area contributed by atoms with E-state index in [2.05, 4.69) is 20.4 Å². The number of hydrogen-bond acceptors (Lipinski definition) is 4. The summed E-state index contributed by atoms with van der Waals surface area (Å²) in [4.78, 5) is 2.43. The minimum absolute atomic E-state index is 0.739. The minimum Gasteiger partial charge on any atom is -0.492 e. The molecule has 2 aromatic rings. The van der Waals surface area contributed by atoms with Crippen LogP contribution in [0.4, 0.5) is 0 Å². The van der Waals surface area contributed by atoms with E-state index in [9.17, 15) is 0 Å². The summed E-state index contributed by atoms with van der Waals surface area (Å²) in [5, 5.41) is 10.3. The number of ether oxygens (including phenoxy) is 1. The minimum atomic E-state index is 0.739. The first-order chi connectivity index (χ1) is 9.92. The molecule has 0 bridgehead atoms. The van der Waals surface area contributed by atoms with Gasteiger partial charge in [0.2, 0.25) is 0 Å². The highest BCUT2D eigenvalue weighted by Gasteiger charge is 2.08. The molecule has 2 N–H and O–H groups in total. The third kappa shape index (κ3) is 3.37. The Morgan fingerprint density at radius 2 is 1.90 bits per heavy atom. The third-order valence-electron chi connectivity index (χ3n) is 3.55. The Balaban J connectivity index is 1.48. The monoisotopic (exact) mass is 272 g/mol. The number of H-pyrrole nitrogens is 1. The molecule has 0 aliphatic carbocycles. The fourth-order valence-electron chi connectivity index (χ4n) is 2.37.